The van der Waals surface area contributed by atoms with Crippen LogP contribution in [0, 0.1) is 0 Å². The lowest BCUT2D eigenvalue weighted by Crippen LogP contribution is -2.15. The average molecular weight is 374 g/mol. The Morgan fingerprint density at radius 3 is 2.76 bits per heavy atom. The molecule has 7 heteroatoms. The predicted octanol–water partition coefficient (Wildman–Crippen LogP) is 3.13. The minimum atomic E-state index is -0.800. The molecule has 0 aliphatic carbocycles. The Balaban J connectivity index is 2.29. The zero-order chi connectivity index (χ0) is 15.6. The fourth-order valence-corrected chi connectivity index (χ4v) is 3.33. The van der Waals surface area contributed by atoms with Gasteiger partial charge in [0, 0.05) is 17.9 Å². The molecule has 0 aliphatic rings. The lowest BCUT2D eigenvalue weighted by Gasteiger charge is -2.15. The summed E-state index contributed by atoms with van der Waals surface area (Å²) in [6.45, 7) is 7.46. The Labute approximate surface area is 137 Å². The average Bonchev–Trinajstić information content (AvgIpc) is 3.02. The van der Waals surface area contributed by atoms with Crippen molar-refractivity contribution in [1.29, 1.82) is 0 Å². The lowest BCUT2D eigenvalue weighted by molar-refractivity contribution is 0.170. The summed E-state index contributed by atoms with van der Waals surface area (Å²) in [5.41, 5.74) is 1.35. The molecule has 0 fully saturated rings. The third-order valence-corrected chi connectivity index (χ3v) is 4.94. The van der Waals surface area contributed by atoms with E-state index in [-0.39, 0.29) is 5.41 Å². The number of hydrogen-bond acceptors (Lipinski definition) is 5. The molecule has 2 rings (SSSR count). The molecule has 2 heterocycles. The van der Waals surface area contributed by atoms with Crippen molar-refractivity contribution in [3.63, 3.8) is 0 Å². The van der Waals surface area contributed by atoms with E-state index in [2.05, 4.69) is 46.8 Å². The van der Waals surface area contributed by atoms with Crippen LogP contribution in [0.2, 0.25) is 0 Å². The molecule has 0 amide bonds. The van der Waals surface area contributed by atoms with Crippen LogP contribution < -0.4 is 0 Å². The van der Waals surface area contributed by atoms with E-state index in [4.69, 9.17) is 4.74 Å². The first-order valence-corrected chi connectivity index (χ1v) is 8.36. The minimum Gasteiger partial charge on any atom is -0.383 e. The van der Waals surface area contributed by atoms with Crippen molar-refractivity contribution in [1.82, 2.24) is 14.8 Å². The zero-order valence-corrected chi connectivity index (χ0v) is 15.0. The van der Waals surface area contributed by atoms with Crippen molar-refractivity contribution < 1.29 is 9.84 Å². The predicted molar refractivity (Wildman–Crippen MR) is 86.7 cm³/mol. The molecule has 2 aromatic rings. The van der Waals surface area contributed by atoms with Gasteiger partial charge in [0.2, 0.25) is 0 Å². The fourth-order valence-electron chi connectivity index (χ4n) is 1.90. The monoisotopic (exact) mass is 373 g/mol. The SMILES string of the molecule is COCCn1ncc(Br)c1C(O)c1csc(C(C)(C)C)n1. The van der Waals surface area contributed by atoms with Crippen molar-refractivity contribution in [2.75, 3.05) is 13.7 Å². The molecule has 5 nitrogen and oxygen atoms in total. The van der Waals surface area contributed by atoms with Gasteiger partial charge in [-0.15, -0.1) is 11.3 Å². The number of ether oxygens (including phenoxy) is 1. The molecule has 21 heavy (non-hydrogen) atoms. The zero-order valence-electron chi connectivity index (χ0n) is 12.6. The van der Waals surface area contributed by atoms with Gasteiger partial charge in [-0.05, 0) is 15.9 Å². The summed E-state index contributed by atoms with van der Waals surface area (Å²) in [5.74, 6) is 0. The van der Waals surface area contributed by atoms with Crippen molar-refractivity contribution in [2.24, 2.45) is 0 Å². The maximum atomic E-state index is 10.6. The highest BCUT2D eigenvalue weighted by atomic mass is 79.9. The number of aliphatic hydroxyl groups is 1. The number of nitrogens with zero attached hydrogens (tertiary/aromatic N) is 3. The molecule has 0 bridgehead atoms. The van der Waals surface area contributed by atoms with Gasteiger partial charge < -0.3 is 9.84 Å². The molecule has 0 radical (unpaired) electrons. The van der Waals surface area contributed by atoms with E-state index in [1.807, 2.05) is 5.38 Å². The molecule has 2 aromatic heterocycles. The van der Waals surface area contributed by atoms with Gasteiger partial charge in [0.15, 0.2) is 0 Å². The highest BCUT2D eigenvalue weighted by Gasteiger charge is 2.25. The van der Waals surface area contributed by atoms with Gasteiger partial charge in [0.05, 0.1) is 40.2 Å². The van der Waals surface area contributed by atoms with Crippen LogP contribution in [0.25, 0.3) is 0 Å². The molecule has 1 unspecified atom stereocenters. The van der Waals surface area contributed by atoms with Crippen LogP contribution in [0.1, 0.15) is 43.3 Å². The Morgan fingerprint density at radius 1 is 1.48 bits per heavy atom. The van der Waals surface area contributed by atoms with Crippen LogP contribution in [0.3, 0.4) is 0 Å². The highest BCUT2D eigenvalue weighted by Crippen LogP contribution is 2.32. The maximum absolute atomic E-state index is 10.6. The minimum absolute atomic E-state index is 0.0177. The summed E-state index contributed by atoms with van der Waals surface area (Å²) in [6.07, 6.45) is 0.886. The van der Waals surface area contributed by atoms with Gasteiger partial charge in [-0.2, -0.15) is 5.10 Å². The molecule has 116 valence electrons. The molecule has 0 saturated carbocycles. The van der Waals surface area contributed by atoms with Gasteiger partial charge in [-0.1, -0.05) is 20.8 Å². The number of aliphatic hydroxyl groups excluding tert-OH is 1. The lowest BCUT2D eigenvalue weighted by atomic mass is 9.98. The summed E-state index contributed by atoms with van der Waals surface area (Å²) in [5, 5.41) is 17.8. The topological polar surface area (TPSA) is 60.2 Å². The first-order valence-electron chi connectivity index (χ1n) is 6.68. The van der Waals surface area contributed by atoms with Crippen LogP contribution in [0.4, 0.5) is 0 Å². The number of hydrogen-bond donors (Lipinski definition) is 1. The Hall–Kier alpha value is -0.760. The van der Waals surface area contributed by atoms with E-state index in [1.165, 1.54) is 0 Å². The van der Waals surface area contributed by atoms with E-state index in [0.29, 0.717) is 24.5 Å². The number of halogens is 1. The summed E-state index contributed by atoms with van der Waals surface area (Å²) in [4.78, 5) is 4.58. The maximum Gasteiger partial charge on any atom is 0.139 e. The van der Waals surface area contributed by atoms with Crippen LogP contribution >= 0.6 is 27.3 Å². The second-order valence-electron chi connectivity index (χ2n) is 5.82. The third-order valence-electron chi connectivity index (χ3n) is 3.04. The molecular weight excluding hydrogens is 354 g/mol. The fraction of sp³-hybridized carbons (Fsp3) is 0.571. The van der Waals surface area contributed by atoms with E-state index in [0.717, 1.165) is 9.48 Å². The molecule has 0 spiro atoms. The van der Waals surface area contributed by atoms with Gasteiger partial charge in [0.25, 0.3) is 0 Å². The summed E-state index contributed by atoms with van der Waals surface area (Å²) in [6, 6.07) is 0. The standard InChI is InChI=1S/C14H20BrN3O2S/c1-14(2,3)13-17-10(8-21-13)12(19)11-9(15)7-16-18(11)5-6-20-4/h7-8,12,19H,5-6H2,1-4H3. The molecule has 0 aliphatic heterocycles. The molecule has 1 atom stereocenters. The summed E-state index contributed by atoms with van der Waals surface area (Å²) < 4.78 is 7.59. The quantitative estimate of drug-likeness (QED) is 0.874. The van der Waals surface area contributed by atoms with Crippen LogP contribution in [0.15, 0.2) is 16.0 Å². The number of aromatic nitrogens is 3. The first-order chi connectivity index (χ1) is 9.84. The van der Waals surface area contributed by atoms with Crippen LogP contribution in [-0.4, -0.2) is 33.6 Å². The molecular formula is C14H20BrN3O2S. The van der Waals surface area contributed by atoms with Crippen molar-refractivity contribution in [3.8, 4) is 0 Å². The van der Waals surface area contributed by atoms with Crippen molar-refractivity contribution >= 4 is 27.3 Å². The van der Waals surface area contributed by atoms with E-state index in [9.17, 15) is 5.11 Å². The number of rotatable bonds is 5. The highest BCUT2D eigenvalue weighted by molar-refractivity contribution is 9.10. The van der Waals surface area contributed by atoms with Crippen LogP contribution in [0.5, 0.6) is 0 Å². The Bertz CT molecular complexity index is 604. The van der Waals surface area contributed by atoms with E-state index in [1.54, 1.807) is 29.3 Å². The second-order valence-corrected chi connectivity index (χ2v) is 7.54. The van der Waals surface area contributed by atoms with Gasteiger partial charge >= 0.3 is 0 Å². The van der Waals surface area contributed by atoms with Crippen LogP contribution in [-0.2, 0) is 16.7 Å². The van der Waals surface area contributed by atoms with Gasteiger partial charge in [-0.3, -0.25) is 4.68 Å². The molecule has 0 saturated heterocycles. The smallest absolute Gasteiger partial charge is 0.139 e. The van der Waals surface area contributed by atoms with Gasteiger partial charge in [-0.25, -0.2) is 4.98 Å². The Kier molecular flexibility index (Phi) is 5.19. The largest absolute Gasteiger partial charge is 0.383 e. The Morgan fingerprint density at radius 2 is 2.19 bits per heavy atom. The molecule has 0 aromatic carbocycles. The van der Waals surface area contributed by atoms with E-state index >= 15 is 0 Å². The summed E-state index contributed by atoms with van der Waals surface area (Å²) >= 11 is 5.02. The van der Waals surface area contributed by atoms with Crippen molar-refractivity contribution in [2.45, 2.75) is 38.8 Å². The number of methoxy groups -OCH3 is 1. The summed E-state index contributed by atoms with van der Waals surface area (Å²) in [7, 11) is 1.64. The normalized spacial score (nSPS) is 13.6. The van der Waals surface area contributed by atoms with E-state index < -0.39 is 6.10 Å². The van der Waals surface area contributed by atoms with Gasteiger partial charge in [0.1, 0.15) is 6.10 Å². The first kappa shape index (κ1) is 16.6. The number of thiazole rings is 1. The molecule has 1 N–H and O–H groups in total. The second kappa shape index (κ2) is 6.56. The van der Waals surface area contributed by atoms with Crippen molar-refractivity contribution in [3.05, 3.63) is 32.4 Å². The third kappa shape index (κ3) is 3.71.